The number of carbonyl (C=O) groups is 1. The van der Waals surface area contributed by atoms with Crippen molar-refractivity contribution < 1.29 is 9.90 Å². The Morgan fingerprint density at radius 1 is 1.39 bits per heavy atom. The quantitative estimate of drug-likeness (QED) is 0.738. The van der Waals surface area contributed by atoms with Crippen molar-refractivity contribution in [3.05, 3.63) is 16.8 Å². The van der Waals surface area contributed by atoms with Crippen molar-refractivity contribution >= 4 is 23.1 Å². The smallest absolute Gasteiger partial charge is 0.319 e. The number of rotatable bonds is 3. The van der Waals surface area contributed by atoms with E-state index in [1.165, 1.54) is 6.42 Å². The fourth-order valence-corrected chi connectivity index (χ4v) is 3.05. The number of aliphatic hydroxyl groups is 1. The molecule has 1 saturated carbocycles. The Morgan fingerprint density at radius 3 is 2.94 bits per heavy atom. The molecule has 1 fully saturated rings. The second kappa shape index (κ2) is 6.75. The van der Waals surface area contributed by atoms with Crippen LogP contribution in [-0.4, -0.2) is 23.8 Å². The molecule has 1 aromatic heterocycles. The van der Waals surface area contributed by atoms with Crippen LogP contribution in [0.4, 0.5) is 10.5 Å². The summed E-state index contributed by atoms with van der Waals surface area (Å²) < 4.78 is 0. The third-order valence-corrected chi connectivity index (χ3v) is 4.17. The molecule has 0 radical (unpaired) electrons. The molecule has 1 aliphatic rings. The maximum absolute atomic E-state index is 11.9. The summed E-state index contributed by atoms with van der Waals surface area (Å²) in [6, 6.07) is 1.80. The van der Waals surface area contributed by atoms with Gasteiger partial charge in [0.15, 0.2) is 0 Å². The highest BCUT2D eigenvalue weighted by Gasteiger charge is 2.24. The van der Waals surface area contributed by atoms with Crippen molar-refractivity contribution in [3.63, 3.8) is 0 Å². The van der Waals surface area contributed by atoms with E-state index in [1.54, 1.807) is 11.3 Å². The zero-order chi connectivity index (χ0) is 12.8. The van der Waals surface area contributed by atoms with Gasteiger partial charge in [-0.2, -0.15) is 11.3 Å². The summed E-state index contributed by atoms with van der Waals surface area (Å²) >= 11 is 1.55. The Morgan fingerprint density at radius 2 is 2.22 bits per heavy atom. The Labute approximate surface area is 111 Å². The van der Waals surface area contributed by atoms with Gasteiger partial charge in [0.2, 0.25) is 0 Å². The molecular weight excluding hydrogens is 248 g/mol. The number of carbonyl (C=O) groups excluding carboxylic acids is 1. The molecule has 2 unspecified atom stereocenters. The van der Waals surface area contributed by atoms with E-state index < -0.39 is 0 Å². The molecule has 0 spiro atoms. The lowest BCUT2D eigenvalue weighted by atomic mass is 9.96. The molecule has 0 aliphatic heterocycles. The van der Waals surface area contributed by atoms with Crippen molar-refractivity contribution in [1.29, 1.82) is 0 Å². The molecule has 2 atom stereocenters. The van der Waals surface area contributed by atoms with E-state index in [4.69, 9.17) is 0 Å². The van der Waals surface area contributed by atoms with Crippen LogP contribution in [0.25, 0.3) is 0 Å². The molecule has 1 aromatic rings. The van der Waals surface area contributed by atoms with Gasteiger partial charge < -0.3 is 15.7 Å². The second-order valence-corrected chi connectivity index (χ2v) is 5.58. The molecule has 18 heavy (non-hydrogen) atoms. The van der Waals surface area contributed by atoms with E-state index >= 15 is 0 Å². The maximum Gasteiger partial charge on any atom is 0.319 e. The number of amides is 2. The molecule has 5 heteroatoms. The predicted octanol–water partition coefficient (Wildman–Crippen LogP) is 2.81. The van der Waals surface area contributed by atoms with Crippen LogP contribution >= 0.6 is 11.3 Å². The first-order chi connectivity index (χ1) is 8.79. The molecule has 1 aliphatic carbocycles. The highest BCUT2D eigenvalue weighted by Crippen LogP contribution is 2.23. The average Bonchev–Trinajstić information content (AvgIpc) is 2.75. The van der Waals surface area contributed by atoms with Crippen LogP contribution in [0.2, 0.25) is 0 Å². The second-order valence-electron chi connectivity index (χ2n) is 4.80. The first-order valence-electron chi connectivity index (χ1n) is 6.50. The Balaban J connectivity index is 1.87. The zero-order valence-corrected chi connectivity index (χ0v) is 11.2. The van der Waals surface area contributed by atoms with Crippen LogP contribution in [0, 0.1) is 5.92 Å². The summed E-state index contributed by atoms with van der Waals surface area (Å²) in [7, 11) is 0. The molecule has 3 N–H and O–H groups in total. The van der Waals surface area contributed by atoms with Gasteiger partial charge in [0, 0.05) is 23.9 Å². The minimum absolute atomic E-state index is 0.0936. The van der Waals surface area contributed by atoms with E-state index in [0.29, 0.717) is 0 Å². The zero-order valence-electron chi connectivity index (χ0n) is 10.4. The van der Waals surface area contributed by atoms with E-state index in [0.717, 1.165) is 31.4 Å². The summed E-state index contributed by atoms with van der Waals surface area (Å²) in [5, 5.41) is 19.0. The molecule has 0 aromatic carbocycles. The summed E-state index contributed by atoms with van der Waals surface area (Å²) in [5.74, 6) is 0.195. The third kappa shape index (κ3) is 3.71. The number of anilines is 1. The molecule has 2 amide bonds. The van der Waals surface area contributed by atoms with Crippen LogP contribution in [0.3, 0.4) is 0 Å². The van der Waals surface area contributed by atoms with E-state index in [9.17, 15) is 9.90 Å². The van der Waals surface area contributed by atoms with Crippen molar-refractivity contribution in [1.82, 2.24) is 5.32 Å². The van der Waals surface area contributed by atoms with Gasteiger partial charge in [0.25, 0.3) is 0 Å². The lowest BCUT2D eigenvalue weighted by Gasteiger charge is -2.24. The normalized spacial score (nSPS) is 24.3. The molecule has 0 bridgehead atoms. The van der Waals surface area contributed by atoms with Gasteiger partial charge in [-0.3, -0.25) is 0 Å². The van der Waals surface area contributed by atoms with Gasteiger partial charge >= 0.3 is 6.03 Å². The van der Waals surface area contributed by atoms with Gasteiger partial charge in [-0.05, 0) is 24.3 Å². The number of aliphatic hydroxyl groups excluding tert-OH is 1. The molecular formula is C13H20N2O2S. The summed E-state index contributed by atoms with van der Waals surface area (Å²) in [6.07, 6.45) is 5.43. The first kappa shape index (κ1) is 13.4. The van der Waals surface area contributed by atoms with Gasteiger partial charge in [-0.25, -0.2) is 4.79 Å². The van der Waals surface area contributed by atoms with Crippen molar-refractivity contribution in [2.75, 3.05) is 11.9 Å². The lowest BCUT2D eigenvalue weighted by molar-refractivity contribution is 0.182. The van der Waals surface area contributed by atoms with Crippen LogP contribution < -0.4 is 10.6 Å². The summed E-state index contributed by atoms with van der Waals surface area (Å²) in [4.78, 5) is 11.9. The van der Waals surface area contributed by atoms with Crippen molar-refractivity contribution in [3.8, 4) is 0 Å². The Hall–Kier alpha value is -1.07. The topological polar surface area (TPSA) is 61.4 Å². The summed E-state index contributed by atoms with van der Waals surface area (Å²) in [5.41, 5.74) is 0.826. The maximum atomic E-state index is 11.9. The van der Waals surface area contributed by atoms with E-state index in [1.807, 2.05) is 16.8 Å². The van der Waals surface area contributed by atoms with Gasteiger partial charge in [0.05, 0.1) is 5.69 Å². The van der Waals surface area contributed by atoms with Gasteiger partial charge in [-0.1, -0.05) is 19.3 Å². The fourth-order valence-electron chi connectivity index (χ4n) is 2.46. The number of urea groups is 1. The van der Waals surface area contributed by atoms with Crippen LogP contribution in [-0.2, 0) is 0 Å². The standard InChI is InChI=1S/C13H20N2O2S/c16-8-10-4-2-1-3-5-12(10)15-13(17)14-11-6-7-18-9-11/h6-7,9-10,12,16H,1-5,8H2,(H2,14,15,17). The Bertz CT molecular complexity index is 367. The van der Waals surface area contributed by atoms with E-state index in [-0.39, 0.29) is 24.6 Å². The largest absolute Gasteiger partial charge is 0.396 e. The highest BCUT2D eigenvalue weighted by atomic mass is 32.1. The van der Waals surface area contributed by atoms with Gasteiger partial charge in [0.1, 0.15) is 0 Å². The minimum atomic E-state index is -0.168. The van der Waals surface area contributed by atoms with Crippen molar-refractivity contribution in [2.45, 2.75) is 38.1 Å². The molecule has 100 valence electrons. The SMILES string of the molecule is O=C(Nc1ccsc1)NC1CCCCCC1CO. The molecule has 4 nitrogen and oxygen atoms in total. The monoisotopic (exact) mass is 268 g/mol. The average molecular weight is 268 g/mol. The van der Waals surface area contributed by atoms with Crippen LogP contribution in [0.15, 0.2) is 16.8 Å². The van der Waals surface area contributed by atoms with E-state index in [2.05, 4.69) is 10.6 Å². The fraction of sp³-hybridized carbons (Fsp3) is 0.615. The molecule has 2 rings (SSSR count). The van der Waals surface area contributed by atoms with Crippen LogP contribution in [0.5, 0.6) is 0 Å². The third-order valence-electron chi connectivity index (χ3n) is 3.49. The molecule has 1 heterocycles. The van der Waals surface area contributed by atoms with Gasteiger partial charge in [-0.15, -0.1) is 0 Å². The number of hydrogen-bond donors (Lipinski definition) is 3. The number of hydrogen-bond acceptors (Lipinski definition) is 3. The first-order valence-corrected chi connectivity index (χ1v) is 7.44. The van der Waals surface area contributed by atoms with Crippen molar-refractivity contribution in [2.24, 2.45) is 5.92 Å². The lowest BCUT2D eigenvalue weighted by Crippen LogP contribution is -2.43. The minimum Gasteiger partial charge on any atom is -0.396 e. The number of thiophene rings is 1. The Kier molecular flexibility index (Phi) is 5.01. The highest BCUT2D eigenvalue weighted by molar-refractivity contribution is 7.08. The predicted molar refractivity (Wildman–Crippen MR) is 73.9 cm³/mol. The molecule has 0 saturated heterocycles. The number of nitrogens with one attached hydrogen (secondary N) is 2. The van der Waals surface area contributed by atoms with Crippen LogP contribution in [0.1, 0.15) is 32.1 Å². The summed E-state index contributed by atoms with van der Waals surface area (Å²) in [6.45, 7) is 0.156.